The van der Waals surface area contributed by atoms with E-state index in [1.54, 1.807) is 0 Å². The molecule has 7 heteroatoms. The molecule has 0 saturated heterocycles. The summed E-state index contributed by atoms with van der Waals surface area (Å²) in [6.45, 7) is 0. The molecule has 0 aliphatic heterocycles. The van der Waals surface area contributed by atoms with Gasteiger partial charge in [0.1, 0.15) is 28.1 Å². The Bertz CT molecular complexity index is 668. The van der Waals surface area contributed by atoms with Crippen molar-refractivity contribution in [1.82, 2.24) is 0 Å². The summed E-state index contributed by atoms with van der Waals surface area (Å²) in [6.07, 6.45) is 0. The number of anilines is 2. The fraction of sp³-hybridized carbons (Fsp3) is 0. The topological polar surface area (TPSA) is 38.0 Å². The van der Waals surface area contributed by atoms with Gasteiger partial charge in [0.05, 0.1) is 5.02 Å². The number of rotatable bonds is 3. The monoisotopic (exact) mass is 316 g/mol. The minimum absolute atomic E-state index is 0.0812. The number of thiocarbonyl (C=S) groups is 1. The van der Waals surface area contributed by atoms with Crippen LogP contribution in [0.25, 0.3) is 0 Å². The molecule has 0 bridgehead atoms. The van der Waals surface area contributed by atoms with Crippen molar-refractivity contribution in [3.63, 3.8) is 0 Å². The summed E-state index contributed by atoms with van der Waals surface area (Å²) in [6, 6.07) is 5.64. The smallest absolute Gasteiger partial charge is 0.150 e. The van der Waals surface area contributed by atoms with Crippen LogP contribution in [0.5, 0.6) is 0 Å². The minimum Gasteiger partial charge on any atom is -0.389 e. The Kier molecular flexibility index (Phi) is 4.15. The van der Waals surface area contributed by atoms with E-state index in [2.05, 4.69) is 17.5 Å². The average Bonchev–Trinajstić information content (AvgIpc) is 2.37. The lowest BCUT2D eigenvalue weighted by molar-refractivity contribution is 0.590. The number of halogens is 4. The highest BCUT2D eigenvalue weighted by Gasteiger charge is 2.13. The first-order chi connectivity index (χ1) is 9.38. The third-order valence-corrected chi connectivity index (χ3v) is 3.04. The highest BCUT2D eigenvalue weighted by atomic mass is 35.5. The molecule has 0 radical (unpaired) electrons. The first-order valence-electron chi connectivity index (χ1n) is 5.39. The van der Waals surface area contributed by atoms with Crippen molar-refractivity contribution in [3.05, 3.63) is 58.4 Å². The minimum atomic E-state index is -0.867. The predicted molar refractivity (Wildman–Crippen MR) is 76.9 cm³/mol. The van der Waals surface area contributed by atoms with Gasteiger partial charge in [-0.15, -0.1) is 0 Å². The average molecular weight is 317 g/mol. The van der Waals surface area contributed by atoms with Crippen molar-refractivity contribution >= 4 is 40.2 Å². The Morgan fingerprint density at radius 3 is 2.15 bits per heavy atom. The Balaban J connectivity index is 2.38. The van der Waals surface area contributed by atoms with Crippen LogP contribution in [0.4, 0.5) is 24.5 Å². The van der Waals surface area contributed by atoms with Gasteiger partial charge in [-0.2, -0.15) is 0 Å². The highest BCUT2D eigenvalue weighted by molar-refractivity contribution is 7.80. The predicted octanol–water partition coefficient (Wildman–Crippen LogP) is 4.14. The third-order valence-electron chi connectivity index (χ3n) is 2.52. The SMILES string of the molecule is NC(=S)c1cc(F)c(Nc2ccc(F)c(Cl)c2)c(F)c1. The van der Waals surface area contributed by atoms with Gasteiger partial charge in [0.25, 0.3) is 0 Å². The first-order valence-corrected chi connectivity index (χ1v) is 6.18. The molecular weight excluding hydrogens is 309 g/mol. The number of hydrogen-bond acceptors (Lipinski definition) is 2. The van der Waals surface area contributed by atoms with Gasteiger partial charge in [0.15, 0.2) is 0 Å². The number of nitrogens with two attached hydrogens (primary N) is 1. The van der Waals surface area contributed by atoms with Crippen molar-refractivity contribution in [2.45, 2.75) is 0 Å². The van der Waals surface area contributed by atoms with Gasteiger partial charge in [-0.25, -0.2) is 13.2 Å². The van der Waals surface area contributed by atoms with Gasteiger partial charge in [0.2, 0.25) is 0 Å². The first kappa shape index (κ1) is 14.6. The van der Waals surface area contributed by atoms with Gasteiger partial charge in [-0.1, -0.05) is 23.8 Å². The molecule has 2 aromatic carbocycles. The van der Waals surface area contributed by atoms with Gasteiger partial charge in [-0.05, 0) is 30.3 Å². The van der Waals surface area contributed by atoms with Crippen LogP contribution in [0.3, 0.4) is 0 Å². The maximum atomic E-state index is 13.8. The molecule has 20 heavy (non-hydrogen) atoms. The molecular formula is C13H8ClF3N2S. The van der Waals surface area contributed by atoms with E-state index in [9.17, 15) is 13.2 Å². The molecule has 3 N–H and O–H groups in total. The van der Waals surface area contributed by atoms with E-state index in [0.29, 0.717) is 0 Å². The Morgan fingerprint density at radius 2 is 1.65 bits per heavy atom. The summed E-state index contributed by atoms with van der Waals surface area (Å²) < 4.78 is 40.6. The lowest BCUT2D eigenvalue weighted by atomic mass is 10.1. The largest absolute Gasteiger partial charge is 0.389 e. The molecule has 2 rings (SSSR count). The van der Waals surface area contributed by atoms with Gasteiger partial charge >= 0.3 is 0 Å². The molecule has 2 nitrogen and oxygen atoms in total. The summed E-state index contributed by atoms with van der Waals surface area (Å²) in [5.41, 5.74) is 5.24. The zero-order chi connectivity index (χ0) is 14.9. The summed E-state index contributed by atoms with van der Waals surface area (Å²) in [4.78, 5) is -0.112. The summed E-state index contributed by atoms with van der Waals surface area (Å²) in [5, 5.41) is 2.33. The quantitative estimate of drug-likeness (QED) is 0.836. The van der Waals surface area contributed by atoms with E-state index < -0.39 is 23.1 Å². The van der Waals surface area contributed by atoms with Gasteiger partial charge < -0.3 is 11.1 Å². The molecule has 0 saturated carbocycles. The molecule has 0 unspecified atom stereocenters. The van der Waals surface area contributed by atoms with E-state index in [4.69, 9.17) is 17.3 Å². The zero-order valence-electron chi connectivity index (χ0n) is 9.88. The molecule has 0 heterocycles. The molecule has 0 fully saturated rings. The van der Waals surface area contributed by atoms with Crippen LogP contribution in [-0.4, -0.2) is 4.99 Å². The Morgan fingerprint density at radius 1 is 1.05 bits per heavy atom. The lowest BCUT2D eigenvalue weighted by Crippen LogP contribution is -2.11. The second-order valence-electron chi connectivity index (χ2n) is 3.93. The second-order valence-corrected chi connectivity index (χ2v) is 4.78. The van der Waals surface area contributed by atoms with Crippen molar-refractivity contribution in [2.24, 2.45) is 5.73 Å². The fourth-order valence-electron chi connectivity index (χ4n) is 1.55. The van der Waals surface area contributed by atoms with Gasteiger partial charge in [-0.3, -0.25) is 0 Å². The van der Waals surface area contributed by atoms with E-state index in [0.717, 1.165) is 18.2 Å². The number of hydrogen-bond donors (Lipinski definition) is 2. The second kappa shape index (κ2) is 5.68. The van der Waals surface area contributed by atoms with E-state index >= 15 is 0 Å². The van der Waals surface area contributed by atoms with Crippen molar-refractivity contribution < 1.29 is 13.2 Å². The van der Waals surface area contributed by atoms with Crippen LogP contribution >= 0.6 is 23.8 Å². The van der Waals surface area contributed by atoms with Crippen LogP contribution in [0.2, 0.25) is 5.02 Å². The van der Waals surface area contributed by atoms with Crippen molar-refractivity contribution in [1.29, 1.82) is 0 Å². The van der Waals surface area contributed by atoms with E-state index in [-0.39, 0.29) is 21.3 Å². The maximum Gasteiger partial charge on any atom is 0.150 e. The summed E-state index contributed by atoms with van der Waals surface area (Å²) >= 11 is 10.2. The van der Waals surface area contributed by atoms with Crippen LogP contribution in [-0.2, 0) is 0 Å². The standard InChI is InChI=1S/C13H8ClF3N2S/c14-8-5-7(1-2-9(8)15)19-12-10(16)3-6(13(18)20)4-11(12)17/h1-5,19H,(H2,18,20). The molecule has 104 valence electrons. The van der Waals surface area contributed by atoms with Crippen LogP contribution in [0.1, 0.15) is 5.56 Å². The summed E-state index contributed by atoms with van der Waals surface area (Å²) in [7, 11) is 0. The van der Waals surface area contributed by atoms with Gasteiger partial charge in [0, 0.05) is 11.3 Å². The molecule has 0 spiro atoms. The lowest BCUT2D eigenvalue weighted by Gasteiger charge is -2.11. The molecule has 0 amide bonds. The zero-order valence-corrected chi connectivity index (χ0v) is 11.5. The normalized spacial score (nSPS) is 10.4. The molecule has 0 aliphatic rings. The molecule has 2 aromatic rings. The van der Waals surface area contributed by atoms with Crippen molar-refractivity contribution in [2.75, 3.05) is 5.32 Å². The summed E-state index contributed by atoms with van der Waals surface area (Å²) in [5.74, 6) is -2.36. The fourth-order valence-corrected chi connectivity index (χ4v) is 1.85. The number of benzene rings is 2. The third kappa shape index (κ3) is 3.02. The number of nitrogens with one attached hydrogen (secondary N) is 1. The Hall–Kier alpha value is -1.79. The Labute approximate surface area is 123 Å². The van der Waals surface area contributed by atoms with Crippen LogP contribution in [0.15, 0.2) is 30.3 Å². The molecule has 0 atom stereocenters. The van der Waals surface area contributed by atoms with Crippen LogP contribution in [0, 0.1) is 17.5 Å². The van der Waals surface area contributed by atoms with Crippen molar-refractivity contribution in [3.8, 4) is 0 Å². The van der Waals surface area contributed by atoms with E-state index in [1.807, 2.05) is 0 Å². The maximum absolute atomic E-state index is 13.8. The van der Waals surface area contributed by atoms with E-state index in [1.165, 1.54) is 12.1 Å². The highest BCUT2D eigenvalue weighted by Crippen LogP contribution is 2.27. The molecule has 0 aliphatic carbocycles. The van der Waals surface area contributed by atoms with Crippen LogP contribution < -0.4 is 11.1 Å². The molecule has 0 aromatic heterocycles.